The summed E-state index contributed by atoms with van der Waals surface area (Å²) in [5.74, 6) is -5.07. The molecule has 12 heterocycles. The highest BCUT2D eigenvalue weighted by Crippen LogP contribution is 2.44. The minimum atomic E-state index is -2.88. The maximum absolute atomic E-state index is 14.1. The van der Waals surface area contributed by atoms with Crippen LogP contribution in [0.5, 0.6) is 0 Å². The third-order valence-corrected chi connectivity index (χ3v) is 27.0. The Kier molecular flexibility index (Phi) is 42.2. The van der Waals surface area contributed by atoms with E-state index in [9.17, 15) is 177 Å². The fraction of sp³-hybridized carbons (Fsp3) is 0.939. The summed E-state index contributed by atoms with van der Waals surface area (Å²) in [4.78, 5) is 66.5. The molecule has 12 aliphatic heterocycles. The average Bonchev–Trinajstić information content (AvgIpc) is 0.764. The Balaban J connectivity index is 0.985. The molecule has 35 N–H and O–H groups in total. The normalized spacial score (nSPS) is 50.1. The predicted octanol–water partition coefficient (Wildman–Crippen LogP) is -23.4. The van der Waals surface area contributed by atoms with Gasteiger partial charge in [0.05, 0.1) is 77.8 Å². The summed E-state index contributed by atoms with van der Waals surface area (Å²) in [6.07, 6.45) is -120. The van der Waals surface area contributed by atoms with Gasteiger partial charge < -0.3 is 289 Å². The molecule has 0 aliphatic carbocycles. The second-order valence-corrected chi connectivity index (χ2v) is 37.3. The van der Waals surface area contributed by atoms with Gasteiger partial charge in [-0.2, -0.15) is 0 Å². The first-order valence-electron chi connectivity index (χ1n) is 46.7. The van der Waals surface area contributed by atoms with E-state index in [2.05, 4.69) is 26.6 Å². The quantitative estimate of drug-likeness (QED) is 0.0277. The Labute approximate surface area is 822 Å². The van der Waals surface area contributed by atoms with Gasteiger partial charge in [0.2, 0.25) is 29.5 Å². The number of carbonyl (C=O) groups is 5. The molecule has 63 heteroatoms. The number of aliphatic hydroxyl groups excluding tert-OH is 30. The van der Waals surface area contributed by atoms with Crippen LogP contribution in [0.2, 0.25) is 0 Å². The van der Waals surface area contributed by atoms with Crippen LogP contribution in [0.15, 0.2) is 0 Å². The third-order valence-electron chi connectivity index (χ3n) is 27.0. The SMILES string of the molecule is CC(=O)N[C@H]1[C@H](O[C@H]2[C@H](O)[C@@H](NC(C)=O)C(O)O[C@@H]2CO[C@@H]2O[C@@H](C)[C@@H](O)[C@@H](O)[C@@H]2O)O[C@H](CO)[C@@H](O[C@@H]2O[C@H](CO[C@H]3O[C@H](CO)[C@@H](O)[C@H](O)[C@@H]3O[C@@H]3O[C@H](CO)[C@@H](O)[C@H](O)[C@H]3NC(C)=O)[C@@H](O[C@@H]3O[C@H](CO)[C@@H](O)[C@H](O)[C@H]3NC(C)=O)[C@H](O[C@H]3O[C@H](CO)[C@@H](O)[C@H](O)[C@@H]3O[C@@H]3O[C@H](CO)[C@@H](O[C@@H]4O[C@H](CO)[C@H](O)[C@H](O)[C@H]4O[C@@H]4O[C@@H](C)[C@@H](O)[C@@H](O)[C@@H]4O)[C@H](O[C@@H]4O[C@@H](C)[C@@H](O)[C@@H](O)[C@@H]4O)[C@H]3NC(C)=O)[C@@H]2O)[C@@H]1O. The highest BCUT2D eigenvalue weighted by atomic mass is 16.8. The highest BCUT2D eigenvalue weighted by molar-refractivity contribution is 5.75. The molecule has 12 rings (SSSR count). The monoisotopic (exact) mass is 2120 g/mol. The predicted molar refractivity (Wildman–Crippen MR) is 449 cm³/mol. The second kappa shape index (κ2) is 51.5. The smallest absolute Gasteiger partial charge is 0.217 e. The van der Waals surface area contributed by atoms with Crippen LogP contribution in [0.3, 0.4) is 0 Å². The van der Waals surface area contributed by atoms with E-state index < -0.39 is 457 Å². The van der Waals surface area contributed by atoms with E-state index in [0.29, 0.717) is 0 Å². The molecule has 0 saturated carbocycles. The van der Waals surface area contributed by atoms with Crippen molar-refractivity contribution in [2.24, 2.45) is 0 Å². The van der Waals surface area contributed by atoms with Gasteiger partial charge in [0, 0.05) is 34.6 Å². The third kappa shape index (κ3) is 26.4. The molecule has 0 radical (unpaired) electrons. The Hall–Kier alpha value is -4.77. The van der Waals surface area contributed by atoms with Crippen LogP contribution in [-0.2, 0) is 133 Å². The fourth-order valence-electron chi connectivity index (χ4n) is 19.0. The number of hydrogen-bond acceptors (Lipinski definition) is 58. The standard InChI is InChI=1S/C82H137N5O58/c1-18-40(100)52(112)58(118)76(125-18)123-16-33-63(50(110)35(71(122)128-33)83-21(4)95)137-74-38(86-24(7)98)51(111)62(31(14-93)134-74)138-79-61(121)67(65(139-72-36(84-22(5)96)48(108)43(103)26(9-88)129-72)34(136-79)17-124-80-68(55(115)45(105)28(11-90)131-80)143-73-37(85-23(6)97)49(109)44(104)27(10-89)130-73)142-82-69(56(116)46(106)30(13-92)133-82)144-75-39(87-25(8)99)66(141-77-59(119)53(113)41(101)19(2)126-77)64(32(15-94)135-75)140-81-70(57(117)47(107)29(12-91)132-81)145-78-60(120)54(114)42(102)20(3)127-78/h18-20,26-82,88-94,100-122H,9-17H2,1-8H3,(H,83,95)(H,84,96)(H,85,97)(H,86,98)(H,87,99)/t18-,19-,20-,26+,27+,28+,29+,30+,31+,32+,33+,34+,35+,36+,37+,38+,39+,40+,41+,42+,43+,44+,45+,46+,47-,48+,49+,50+,51+,52+,53+,54+,55-,56-,57-,58-,59-,60-,61-,62+,63+,64+,65+,66+,67+,68-,69-,70+,71?,72-,73-,74-,75-,76+,77-,78-,79-,80-,81-,82+/m0/s1. The zero-order chi connectivity index (χ0) is 107. The lowest BCUT2D eigenvalue weighted by Gasteiger charge is -2.53. The molecule has 0 aromatic rings. The van der Waals surface area contributed by atoms with Gasteiger partial charge in [0.15, 0.2) is 75.5 Å². The van der Waals surface area contributed by atoms with Gasteiger partial charge in [-0.3, -0.25) is 24.0 Å². The van der Waals surface area contributed by atoms with E-state index >= 15 is 0 Å². The topological polar surface area (TPSA) is 965 Å². The maximum atomic E-state index is 14.1. The fourth-order valence-corrected chi connectivity index (χ4v) is 19.0. The van der Waals surface area contributed by atoms with Crippen molar-refractivity contribution in [3.8, 4) is 0 Å². The molecule has 12 aliphatic rings. The molecule has 145 heavy (non-hydrogen) atoms. The molecule has 12 saturated heterocycles. The summed E-state index contributed by atoms with van der Waals surface area (Å²) in [6, 6.07) is -10.2. The Bertz CT molecular complexity index is 4070. The summed E-state index contributed by atoms with van der Waals surface area (Å²) < 4.78 is 142. The average molecular weight is 2120 g/mol. The van der Waals surface area contributed by atoms with Crippen molar-refractivity contribution in [1.82, 2.24) is 26.6 Å². The summed E-state index contributed by atoms with van der Waals surface area (Å²) >= 11 is 0. The number of aliphatic hydroxyl groups is 30. The number of nitrogens with one attached hydrogen (secondary N) is 5. The second-order valence-electron chi connectivity index (χ2n) is 37.3. The molecule has 0 aromatic carbocycles. The van der Waals surface area contributed by atoms with E-state index in [0.717, 1.165) is 34.6 Å². The van der Waals surface area contributed by atoms with E-state index in [1.54, 1.807) is 0 Å². The molecule has 838 valence electrons. The zero-order valence-electron chi connectivity index (χ0n) is 78.9. The van der Waals surface area contributed by atoms with Crippen molar-refractivity contribution in [1.29, 1.82) is 0 Å². The first-order chi connectivity index (χ1) is 68.5. The molecular weight excluding hydrogens is 1980 g/mol. The first kappa shape index (κ1) is 119. The maximum Gasteiger partial charge on any atom is 0.217 e. The minimum Gasteiger partial charge on any atom is -0.394 e. The lowest BCUT2D eigenvalue weighted by Crippen LogP contribution is -2.72. The Morgan fingerprint density at radius 3 is 0.841 bits per heavy atom. The van der Waals surface area contributed by atoms with Crippen molar-refractivity contribution >= 4 is 29.5 Å². The van der Waals surface area contributed by atoms with Gasteiger partial charge >= 0.3 is 0 Å². The van der Waals surface area contributed by atoms with Crippen LogP contribution in [-0.4, -0.2) is 610 Å². The number of amides is 5. The van der Waals surface area contributed by atoms with Crippen LogP contribution < -0.4 is 26.6 Å². The molecule has 60 atom stereocenters. The Morgan fingerprint density at radius 2 is 0.434 bits per heavy atom. The molecule has 0 aromatic heterocycles. The van der Waals surface area contributed by atoms with Gasteiger partial charge in [-0.05, 0) is 20.8 Å². The molecule has 12 fully saturated rings. The van der Waals surface area contributed by atoms with Crippen LogP contribution in [0.25, 0.3) is 0 Å². The van der Waals surface area contributed by atoms with Crippen molar-refractivity contribution in [2.75, 3.05) is 59.5 Å². The minimum absolute atomic E-state index is 0.848. The molecule has 1 unspecified atom stereocenters. The van der Waals surface area contributed by atoms with Gasteiger partial charge in [-0.25, -0.2) is 0 Å². The van der Waals surface area contributed by atoms with Crippen LogP contribution in [0, 0.1) is 0 Å². The van der Waals surface area contributed by atoms with Gasteiger partial charge in [0.25, 0.3) is 0 Å². The Morgan fingerprint density at radius 1 is 0.193 bits per heavy atom. The van der Waals surface area contributed by atoms with E-state index in [1.165, 1.54) is 20.8 Å². The lowest BCUT2D eigenvalue weighted by atomic mass is 9.93. The summed E-state index contributed by atoms with van der Waals surface area (Å²) in [5.41, 5.74) is 0. The van der Waals surface area contributed by atoms with E-state index in [-0.39, 0.29) is 0 Å². The summed E-state index contributed by atoms with van der Waals surface area (Å²) in [6.45, 7) is -2.91. The van der Waals surface area contributed by atoms with Crippen molar-refractivity contribution in [3.63, 3.8) is 0 Å². The number of carbonyl (C=O) groups excluding carboxylic acids is 5. The zero-order valence-corrected chi connectivity index (χ0v) is 78.9. The number of rotatable bonds is 36. The van der Waals surface area contributed by atoms with Gasteiger partial charge in [-0.15, -0.1) is 0 Å². The van der Waals surface area contributed by atoms with Crippen LogP contribution in [0.4, 0.5) is 0 Å². The van der Waals surface area contributed by atoms with Crippen molar-refractivity contribution in [3.05, 3.63) is 0 Å². The van der Waals surface area contributed by atoms with Crippen LogP contribution >= 0.6 is 0 Å². The van der Waals surface area contributed by atoms with E-state index in [4.69, 9.17) is 109 Å². The highest BCUT2D eigenvalue weighted by Gasteiger charge is 2.64. The summed E-state index contributed by atoms with van der Waals surface area (Å²) in [7, 11) is 0. The first-order valence-corrected chi connectivity index (χ1v) is 46.7. The van der Waals surface area contributed by atoms with Gasteiger partial charge in [0.1, 0.15) is 274 Å². The van der Waals surface area contributed by atoms with Crippen molar-refractivity contribution < 1.29 is 286 Å². The largest absolute Gasteiger partial charge is 0.394 e. The number of hydrogen-bond donors (Lipinski definition) is 35. The van der Waals surface area contributed by atoms with E-state index in [1.807, 2.05) is 0 Å². The summed E-state index contributed by atoms with van der Waals surface area (Å²) in [5, 5.41) is 355. The van der Waals surface area contributed by atoms with Gasteiger partial charge in [-0.1, -0.05) is 0 Å². The van der Waals surface area contributed by atoms with Crippen molar-refractivity contribution in [2.45, 2.75) is 424 Å². The molecule has 0 bridgehead atoms. The molecular formula is C82H137N5O58. The van der Waals surface area contributed by atoms with Crippen LogP contribution in [0.1, 0.15) is 55.4 Å². The molecule has 63 nitrogen and oxygen atoms in total. The lowest BCUT2D eigenvalue weighted by molar-refractivity contribution is -0.413. The number of ether oxygens (including phenoxy) is 23. The molecule has 0 spiro atoms. The molecule has 5 amide bonds.